The van der Waals surface area contributed by atoms with Gasteiger partial charge >= 0.3 is 0 Å². The van der Waals surface area contributed by atoms with Crippen LogP contribution in [-0.4, -0.2) is 36.1 Å². The third kappa shape index (κ3) is 2.51. The van der Waals surface area contributed by atoms with Crippen LogP contribution in [0.2, 0.25) is 0 Å². The molecule has 1 fully saturated rings. The Kier molecular flexibility index (Phi) is 3.87. The van der Waals surface area contributed by atoms with Crippen LogP contribution >= 0.6 is 11.3 Å². The molecule has 6 nitrogen and oxygen atoms in total. The molecule has 122 valence electrons. The van der Waals surface area contributed by atoms with Crippen LogP contribution < -0.4 is 15.0 Å². The number of piperazine rings is 1. The molecule has 24 heavy (non-hydrogen) atoms. The van der Waals surface area contributed by atoms with Crippen molar-refractivity contribution < 1.29 is 9.53 Å². The van der Waals surface area contributed by atoms with Gasteiger partial charge in [0, 0.05) is 24.7 Å². The first-order valence-electron chi connectivity index (χ1n) is 7.66. The van der Waals surface area contributed by atoms with Gasteiger partial charge in [-0.3, -0.25) is 10.1 Å². The normalized spacial score (nSPS) is 18.1. The average molecular weight is 340 g/mol. The van der Waals surface area contributed by atoms with Gasteiger partial charge in [0.1, 0.15) is 16.6 Å². The van der Waals surface area contributed by atoms with Gasteiger partial charge in [-0.2, -0.15) is 0 Å². The summed E-state index contributed by atoms with van der Waals surface area (Å²) in [5.41, 5.74) is 0.772. The van der Waals surface area contributed by atoms with E-state index in [-0.39, 0.29) is 5.91 Å². The number of anilines is 1. The van der Waals surface area contributed by atoms with Crippen molar-refractivity contribution in [3.05, 3.63) is 47.7 Å². The van der Waals surface area contributed by atoms with E-state index in [0.717, 1.165) is 15.9 Å². The van der Waals surface area contributed by atoms with Crippen LogP contribution in [-0.2, 0) is 4.79 Å². The smallest absolute Gasteiger partial charge is 0.252 e. The Hall–Kier alpha value is -2.51. The van der Waals surface area contributed by atoms with E-state index in [1.807, 2.05) is 35.7 Å². The van der Waals surface area contributed by atoms with Crippen molar-refractivity contribution in [2.45, 2.75) is 6.04 Å². The van der Waals surface area contributed by atoms with Crippen molar-refractivity contribution >= 4 is 33.1 Å². The first-order valence-corrected chi connectivity index (χ1v) is 8.54. The van der Waals surface area contributed by atoms with Crippen molar-refractivity contribution in [2.75, 3.05) is 25.1 Å². The molecular formula is C17H16N4O2S. The summed E-state index contributed by atoms with van der Waals surface area (Å²) >= 11 is 1.55. The van der Waals surface area contributed by atoms with Crippen LogP contribution in [0.4, 0.5) is 5.69 Å². The van der Waals surface area contributed by atoms with Crippen molar-refractivity contribution in [3.8, 4) is 5.75 Å². The molecule has 1 unspecified atom stereocenters. The van der Waals surface area contributed by atoms with Crippen LogP contribution in [0, 0.1) is 0 Å². The first kappa shape index (κ1) is 15.0. The second kappa shape index (κ2) is 6.18. The van der Waals surface area contributed by atoms with E-state index in [4.69, 9.17) is 4.74 Å². The molecule has 1 aliphatic rings. The second-order valence-corrected chi connectivity index (χ2v) is 6.35. The Morgan fingerprint density at radius 1 is 1.33 bits per heavy atom. The van der Waals surface area contributed by atoms with Crippen molar-refractivity contribution in [3.63, 3.8) is 0 Å². The molecule has 0 radical (unpaired) electrons. The number of carbonyl (C=O) groups is 1. The molecule has 0 aliphatic carbocycles. The number of ether oxygens (including phenoxy) is 1. The number of hydrogen-bond donors (Lipinski definition) is 1. The number of methoxy groups -OCH3 is 1. The van der Waals surface area contributed by atoms with Crippen LogP contribution in [0.5, 0.6) is 5.75 Å². The van der Waals surface area contributed by atoms with Crippen molar-refractivity contribution in [1.82, 2.24) is 15.3 Å². The number of rotatable bonds is 3. The summed E-state index contributed by atoms with van der Waals surface area (Å²) in [7, 11) is 1.61. The van der Waals surface area contributed by atoms with E-state index in [2.05, 4.69) is 15.3 Å². The zero-order chi connectivity index (χ0) is 16.5. The molecule has 1 atom stereocenters. The lowest BCUT2D eigenvalue weighted by molar-refractivity contribution is -0.121. The van der Waals surface area contributed by atoms with Gasteiger partial charge in [-0.15, -0.1) is 11.3 Å². The standard InChI is InChI=1S/C17H16N4O2S/c1-23-13-5-3-2-4-12(13)21-8-7-18-14(17(21)22)15-19-10-11-6-9-24-16(11)20-15/h2-6,9-10,14,18H,7-8H2,1H3. The molecule has 3 heterocycles. The summed E-state index contributed by atoms with van der Waals surface area (Å²) in [4.78, 5) is 24.6. The van der Waals surface area contributed by atoms with Gasteiger partial charge in [0.25, 0.3) is 5.91 Å². The van der Waals surface area contributed by atoms with Gasteiger partial charge in [0.15, 0.2) is 5.82 Å². The highest BCUT2D eigenvalue weighted by Gasteiger charge is 2.33. The number of amides is 1. The SMILES string of the molecule is COc1ccccc1N1CCNC(c2ncc3ccsc3n2)C1=O. The first-order chi connectivity index (χ1) is 11.8. The Labute approximate surface area is 143 Å². The maximum atomic E-state index is 13.0. The van der Waals surface area contributed by atoms with E-state index in [1.165, 1.54) is 0 Å². The van der Waals surface area contributed by atoms with E-state index in [1.54, 1.807) is 29.5 Å². The third-order valence-electron chi connectivity index (χ3n) is 4.06. The van der Waals surface area contributed by atoms with Gasteiger partial charge in [-0.25, -0.2) is 9.97 Å². The molecule has 1 N–H and O–H groups in total. The van der Waals surface area contributed by atoms with Crippen LogP contribution in [0.25, 0.3) is 10.2 Å². The Balaban J connectivity index is 1.69. The predicted molar refractivity (Wildman–Crippen MR) is 93.5 cm³/mol. The molecule has 0 spiro atoms. The quantitative estimate of drug-likeness (QED) is 0.793. The van der Waals surface area contributed by atoms with E-state index in [0.29, 0.717) is 24.7 Å². The summed E-state index contributed by atoms with van der Waals surface area (Å²) < 4.78 is 5.39. The van der Waals surface area contributed by atoms with Gasteiger partial charge in [0.05, 0.1) is 12.8 Å². The minimum absolute atomic E-state index is 0.0679. The number of nitrogens with zero attached hydrogens (tertiary/aromatic N) is 3. The molecule has 3 aromatic rings. The highest BCUT2D eigenvalue weighted by molar-refractivity contribution is 7.16. The largest absolute Gasteiger partial charge is 0.495 e. The highest BCUT2D eigenvalue weighted by Crippen LogP contribution is 2.31. The molecule has 0 bridgehead atoms. The van der Waals surface area contributed by atoms with E-state index >= 15 is 0 Å². The lowest BCUT2D eigenvalue weighted by Gasteiger charge is -2.33. The van der Waals surface area contributed by atoms with Crippen LogP contribution in [0.3, 0.4) is 0 Å². The monoisotopic (exact) mass is 340 g/mol. The second-order valence-electron chi connectivity index (χ2n) is 5.46. The molecule has 1 saturated heterocycles. The van der Waals surface area contributed by atoms with Crippen LogP contribution in [0.1, 0.15) is 11.9 Å². The third-order valence-corrected chi connectivity index (χ3v) is 4.88. The number of nitrogens with one attached hydrogen (secondary N) is 1. The minimum atomic E-state index is -0.546. The molecule has 1 amide bonds. The van der Waals surface area contributed by atoms with E-state index in [9.17, 15) is 4.79 Å². The predicted octanol–water partition coefficient (Wildman–Crippen LogP) is 2.38. The number of benzene rings is 1. The summed E-state index contributed by atoms with van der Waals surface area (Å²) in [5.74, 6) is 1.12. The molecule has 0 saturated carbocycles. The molecule has 2 aromatic heterocycles. The fourth-order valence-corrected chi connectivity index (χ4v) is 3.62. The number of carbonyl (C=O) groups excluding carboxylic acids is 1. The van der Waals surface area contributed by atoms with Gasteiger partial charge in [-0.1, -0.05) is 12.1 Å². The summed E-state index contributed by atoms with van der Waals surface area (Å²) in [5, 5.41) is 6.19. The van der Waals surface area contributed by atoms with Gasteiger partial charge in [-0.05, 0) is 23.6 Å². The maximum absolute atomic E-state index is 13.0. The summed E-state index contributed by atoms with van der Waals surface area (Å²) in [6.07, 6.45) is 1.77. The average Bonchev–Trinajstić information content (AvgIpc) is 3.09. The Morgan fingerprint density at radius 2 is 2.21 bits per heavy atom. The highest BCUT2D eigenvalue weighted by atomic mass is 32.1. The number of hydrogen-bond acceptors (Lipinski definition) is 6. The molecule has 1 aromatic carbocycles. The molecule has 1 aliphatic heterocycles. The lowest BCUT2D eigenvalue weighted by Crippen LogP contribution is -2.51. The minimum Gasteiger partial charge on any atom is -0.495 e. The fourth-order valence-electron chi connectivity index (χ4n) is 2.88. The zero-order valence-corrected chi connectivity index (χ0v) is 13.9. The molecular weight excluding hydrogens is 324 g/mol. The molecule has 4 rings (SSSR count). The fraction of sp³-hybridized carbons (Fsp3) is 0.235. The van der Waals surface area contributed by atoms with Crippen molar-refractivity contribution in [1.29, 1.82) is 0 Å². The van der Waals surface area contributed by atoms with Gasteiger partial charge in [0.2, 0.25) is 0 Å². The van der Waals surface area contributed by atoms with Crippen molar-refractivity contribution in [2.24, 2.45) is 0 Å². The van der Waals surface area contributed by atoms with Gasteiger partial charge < -0.3 is 9.64 Å². The maximum Gasteiger partial charge on any atom is 0.252 e. The van der Waals surface area contributed by atoms with E-state index < -0.39 is 6.04 Å². The Bertz CT molecular complexity index is 895. The number of para-hydroxylation sites is 2. The molecule has 7 heteroatoms. The van der Waals surface area contributed by atoms with Crippen LogP contribution in [0.15, 0.2) is 41.9 Å². The Morgan fingerprint density at radius 3 is 3.08 bits per heavy atom. The number of fused-ring (bicyclic) bond motifs is 1. The zero-order valence-electron chi connectivity index (χ0n) is 13.1. The number of aromatic nitrogens is 2. The summed E-state index contributed by atoms with van der Waals surface area (Å²) in [6, 6.07) is 8.96. The topological polar surface area (TPSA) is 67.3 Å². The summed E-state index contributed by atoms with van der Waals surface area (Å²) in [6.45, 7) is 1.25. The number of thiophene rings is 1. The lowest BCUT2D eigenvalue weighted by atomic mass is 10.1.